The zero-order chi connectivity index (χ0) is 14.3. The minimum atomic E-state index is -3.75. The highest BCUT2D eigenvalue weighted by atomic mass is 32.2. The highest BCUT2D eigenvalue weighted by Crippen LogP contribution is 2.31. The van der Waals surface area contributed by atoms with Crippen molar-refractivity contribution < 1.29 is 12.8 Å². The van der Waals surface area contributed by atoms with Gasteiger partial charge in [0.2, 0.25) is 10.0 Å². The molecule has 4 nitrogen and oxygen atoms in total. The molecular weight excluding hydrogens is 267 g/mol. The third-order valence-electron chi connectivity index (χ3n) is 3.70. The first kappa shape index (κ1) is 14.3. The van der Waals surface area contributed by atoms with Gasteiger partial charge in [-0.3, -0.25) is 0 Å². The van der Waals surface area contributed by atoms with Crippen molar-refractivity contribution in [3.63, 3.8) is 0 Å². The fraction of sp³-hybridized carbons (Fsp3) is 0.538. The SMILES string of the molecule is Cc1c(F)cc(N)cc1S(=O)(=O)NC1(C)CCCC1. The summed E-state index contributed by atoms with van der Waals surface area (Å²) in [6, 6.07) is 2.44. The number of hydrogen-bond donors (Lipinski definition) is 2. The number of anilines is 1. The second-order valence-electron chi connectivity index (χ2n) is 5.50. The molecule has 106 valence electrons. The Labute approximate surface area is 113 Å². The van der Waals surface area contributed by atoms with E-state index in [2.05, 4.69) is 4.72 Å². The summed E-state index contributed by atoms with van der Waals surface area (Å²) in [4.78, 5) is -0.0712. The normalized spacial score (nSPS) is 18.7. The van der Waals surface area contributed by atoms with Gasteiger partial charge >= 0.3 is 0 Å². The molecule has 1 aromatic rings. The van der Waals surface area contributed by atoms with Crippen molar-refractivity contribution in [2.45, 2.75) is 50.0 Å². The minimum absolute atomic E-state index is 0.0712. The summed E-state index contributed by atoms with van der Waals surface area (Å²) in [6.45, 7) is 3.33. The number of hydrogen-bond acceptors (Lipinski definition) is 3. The van der Waals surface area contributed by atoms with Gasteiger partial charge in [-0.15, -0.1) is 0 Å². The fourth-order valence-corrected chi connectivity index (χ4v) is 4.34. The summed E-state index contributed by atoms with van der Waals surface area (Å²) in [5, 5.41) is 0. The smallest absolute Gasteiger partial charge is 0.241 e. The molecule has 0 aliphatic heterocycles. The molecule has 0 radical (unpaired) electrons. The first-order chi connectivity index (χ1) is 8.73. The van der Waals surface area contributed by atoms with Crippen LogP contribution in [0.3, 0.4) is 0 Å². The Morgan fingerprint density at radius 1 is 1.32 bits per heavy atom. The zero-order valence-corrected chi connectivity index (χ0v) is 12.0. The monoisotopic (exact) mass is 286 g/mol. The van der Waals surface area contributed by atoms with Crippen molar-refractivity contribution in [2.75, 3.05) is 5.73 Å². The van der Waals surface area contributed by atoms with E-state index >= 15 is 0 Å². The highest BCUT2D eigenvalue weighted by Gasteiger charge is 2.34. The summed E-state index contributed by atoms with van der Waals surface area (Å²) in [5.74, 6) is -0.600. The van der Waals surface area contributed by atoms with E-state index in [0.29, 0.717) is 0 Å². The maximum absolute atomic E-state index is 13.6. The third-order valence-corrected chi connectivity index (χ3v) is 5.46. The van der Waals surface area contributed by atoms with E-state index in [9.17, 15) is 12.8 Å². The molecule has 1 aliphatic rings. The molecule has 6 heteroatoms. The van der Waals surface area contributed by atoms with Crippen LogP contribution in [0.15, 0.2) is 17.0 Å². The number of halogens is 1. The van der Waals surface area contributed by atoms with Gasteiger partial charge in [-0.2, -0.15) is 0 Å². The van der Waals surface area contributed by atoms with Gasteiger partial charge in [0.05, 0.1) is 4.90 Å². The van der Waals surface area contributed by atoms with E-state index in [-0.39, 0.29) is 16.1 Å². The summed E-state index contributed by atoms with van der Waals surface area (Å²) in [6.07, 6.45) is 3.61. The van der Waals surface area contributed by atoms with E-state index < -0.39 is 21.4 Å². The number of nitrogens with one attached hydrogen (secondary N) is 1. The molecule has 1 fully saturated rings. The quantitative estimate of drug-likeness (QED) is 0.838. The standard InChI is InChI=1S/C13H19FN2O2S/c1-9-11(14)7-10(15)8-12(9)19(17,18)16-13(2)5-3-4-6-13/h7-8,16H,3-6,15H2,1-2H3. The Hall–Kier alpha value is -1.14. The number of sulfonamides is 1. The summed E-state index contributed by atoms with van der Waals surface area (Å²) < 4.78 is 41.1. The second-order valence-corrected chi connectivity index (χ2v) is 7.15. The van der Waals surface area contributed by atoms with Gasteiger partial charge in [-0.05, 0) is 38.8 Å². The minimum Gasteiger partial charge on any atom is -0.399 e. The van der Waals surface area contributed by atoms with Gasteiger partial charge in [0.15, 0.2) is 0 Å². The molecule has 0 saturated heterocycles. The molecule has 19 heavy (non-hydrogen) atoms. The highest BCUT2D eigenvalue weighted by molar-refractivity contribution is 7.89. The average Bonchev–Trinajstić information content (AvgIpc) is 2.68. The van der Waals surface area contributed by atoms with Crippen molar-refractivity contribution in [1.82, 2.24) is 4.72 Å². The van der Waals surface area contributed by atoms with Crippen LogP contribution in [-0.2, 0) is 10.0 Å². The molecule has 2 rings (SSSR count). The summed E-state index contributed by atoms with van der Waals surface area (Å²) >= 11 is 0. The van der Waals surface area contributed by atoms with E-state index in [1.165, 1.54) is 13.0 Å². The second kappa shape index (κ2) is 4.76. The van der Waals surface area contributed by atoms with Crippen molar-refractivity contribution >= 4 is 15.7 Å². The van der Waals surface area contributed by atoms with Gasteiger partial charge < -0.3 is 5.73 Å². The number of rotatable bonds is 3. The van der Waals surface area contributed by atoms with Crippen molar-refractivity contribution in [3.05, 3.63) is 23.5 Å². The Balaban J connectivity index is 2.40. The average molecular weight is 286 g/mol. The predicted molar refractivity (Wildman–Crippen MR) is 72.7 cm³/mol. The van der Waals surface area contributed by atoms with Crippen molar-refractivity contribution in [2.24, 2.45) is 0 Å². The van der Waals surface area contributed by atoms with Crippen LogP contribution < -0.4 is 10.5 Å². The molecule has 0 bridgehead atoms. The van der Waals surface area contributed by atoms with Crippen LogP contribution in [0.4, 0.5) is 10.1 Å². The number of nitrogens with two attached hydrogens (primary N) is 1. The van der Waals surface area contributed by atoms with Crippen LogP contribution in [0.5, 0.6) is 0 Å². The zero-order valence-electron chi connectivity index (χ0n) is 11.2. The molecule has 3 N–H and O–H groups in total. The molecule has 1 aromatic carbocycles. The summed E-state index contributed by atoms with van der Waals surface area (Å²) in [5.41, 5.74) is 5.31. The lowest BCUT2D eigenvalue weighted by Gasteiger charge is -2.25. The van der Waals surface area contributed by atoms with Gasteiger partial charge in [-0.1, -0.05) is 12.8 Å². The van der Waals surface area contributed by atoms with Gasteiger partial charge in [-0.25, -0.2) is 17.5 Å². The lowest BCUT2D eigenvalue weighted by atomic mass is 10.0. The molecule has 1 aliphatic carbocycles. The van der Waals surface area contributed by atoms with Gasteiger partial charge in [0.1, 0.15) is 5.82 Å². The van der Waals surface area contributed by atoms with Crippen LogP contribution in [0.25, 0.3) is 0 Å². The molecule has 1 saturated carbocycles. The fourth-order valence-electron chi connectivity index (χ4n) is 2.59. The van der Waals surface area contributed by atoms with E-state index in [0.717, 1.165) is 31.7 Å². The Kier molecular flexibility index (Phi) is 3.57. The number of benzene rings is 1. The molecule has 0 unspecified atom stereocenters. The van der Waals surface area contributed by atoms with Crippen LogP contribution in [-0.4, -0.2) is 14.0 Å². The maximum atomic E-state index is 13.6. The Bertz CT molecular complexity index is 593. The lowest BCUT2D eigenvalue weighted by molar-refractivity contribution is 0.427. The molecule has 0 atom stereocenters. The van der Waals surface area contributed by atoms with E-state index in [4.69, 9.17) is 5.73 Å². The maximum Gasteiger partial charge on any atom is 0.241 e. The Morgan fingerprint density at radius 2 is 1.89 bits per heavy atom. The third kappa shape index (κ3) is 2.90. The largest absolute Gasteiger partial charge is 0.399 e. The molecule has 0 spiro atoms. The van der Waals surface area contributed by atoms with E-state index in [1.807, 2.05) is 6.92 Å². The van der Waals surface area contributed by atoms with Crippen LogP contribution >= 0.6 is 0 Å². The van der Waals surface area contributed by atoms with Crippen LogP contribution in [0.1, 0.15) is 38.2 Å². The first-order valence-electron chi connectivity index (χ1n) is 6.33. The van der Waals surface area contributed by atoms with Crippen LogP contribution in [0.2, 0.25) is 0 Å². The lowest BCUT2D eigenvalue weighted by Crippen LogP contribution is -2.43. The van der Waals surface area contributed by atoms with E-state index in [1.54, 1.807) is 0 Å². The molecule has 0 amide bonds. The van der Waals surface area contributed by atoms with Gasteiger partial charge in [0.25, 0.3) is 0 Å². The Morgan fingerprint density at radius 3 is 2.47 bits per heavy atom. The molecule has 0 heterocycles. The van der Waals surface area contributed by atoms with Crippen LogP contribution in [0, 0.1) is 12.7 Å². The van der Waals surface area contributed by atoms with Gasteiger partial charge in [0, 0.05) is 16.8 Å². The predicted octanol–water partition coefficient (Wildman–Crippen LogP) is 2.33. The van der Waals surface area contributed by atoms with Crippen molar-refractivity contribution in [1.29, 1.82) is 0 Å². The molecule has 0 aromatic heterocycles. The number of nitrogen functional groups attached to an aromatic ring is 1. The first-order valence-corrected chi connectivity index (χ1v) is 7.81. The summed E-state index contributed by atoms with van der Waals surface area (Å²) in [7, 11) is -3.75. The van der Waals surface area contributed by atoms with Crippen molar-refractivity contribution in [3.8, 4) is 0 Å². The molecular formula is C13H19FN2O2S. The topological polar surface area (TPSA) is 72.2 Å².